The normalized spacial score (nSPS) is 19.4. The van der Waals surface area contributed by atoms with E-state index in [0.717, 1.165) is 29.6 Å². The van der Waals surface area contributed by atoms with Gasteiger partial charge in [-0.3, -0.25) is 4.79 Å². The first-order valence-corrected chi connectivity index (χ1v) is 4.46. The molecule has 1 aliphatic heterocycles. The van der Waals surface area contributed by atoms with Crippen LogP contribution in [0.3, 0.4) is 0 Å². The molecule has 0 saturated heterocycles. The molecule has 1 aromatic rings. The molecule has 2 rings (SSSR count). The Kier molecular flexibility index (Phi) is 1.83. The third kappa shape index (κ3) is 1.22. The van der Waals surface area contributed by atoms with E-state index in [1.807, 2.05) is 26.0 Å². The fraction of sp³-hybridized carbons (Fsp3) is 0.364. The summed E-state index contributed by atoms with van der Waals surface area (Å²) in [7, 11) is 0. The Morgan fingerprint density at radius 2 is 2.31 bits per heavy atom. The molecular weight excluding hydrogens is 164 g/mol. The Morgan fingerprint density at radius 1 is 1.54 bits per heavy atom. The molecule has 0 amide bonds. The number of hydrogen-bond acceptors (Lipinski definition) is 2. The highest BCUT2D eigenvalue weighted by molar-refractivity contribution is 5.79. The molecule has 0 bridgehead atoms. The van der Waals surface area contributed by atoms with E-state index >= 15 is 0 Å². The number of fused-ring (bicyclic) bond motifs is 1. The molecule has 68 valence electrons. The lowest BCUT2D eigenvalue weighted by atomic mass is 10.0. The largest absolute Gasteiger partial charge is 0.490 e. The molecule has 1 atom stereocenters. The summed E-state index contributed by atoms with van der Waals surface area (Å²) in [5.74, 6) is 0.914. The maximum Gasteiger partial charge on any atom is 0.150 e. The van der Waals surface area contributed by atoms with E-state index in [-0.39, 0.29) is 6.10 Å². The summed E-state index contributed by atoms with van der Waals surface area (Å²) in [5.41, 5.74) is 2.92. The van der Waals surface area contributed by atoms with Crippen LogP contribution in [0.15, 0.2) is 12.1 Å². The van der Waals surface area contributed by atoms with Crippen LogP contribution in [0.2, 0.25) is 0 Å². The smallest absolute Gasteiger partial charge is 0.150 e. The van der Waals surface area contributed by atoms with Gasteiger partial charge in [0.05, 0.1) is 0 Å². The quantitative estimate of drug-likeness (QED) is 0.613. The van der Waals surface area contributed by atoms with Gasteiger partial charge in [-0.15, -0.1) is 0 Å². The SMILES string of the molecule is Cc1c(C=O)ccc2c1OC(C)C2. The molecule has 1 heterocycles. The van der Waals surface area contributed by atoms with Gasteiger partial charge in [0.25, 0.3) is 0 Å². The van der Waals surface area contributed by atoms with E-state index in [1.54, 1.807) is 0 Å². The van der Waals surface area contributed by atoms with E-state index in [4.69, 9.17) is 4.74 Å². The van der Waals surface area contributed by atoms with Crippen LogP contribution in [0.1, 0.15) is 28.4 Å². The van der Waals surface area contributed by atoms with E-state index in [9.17, 15) is 4.79 Å². The first-order chi connectivity index (χ1) is 6.22. The van der Waals surface area contributed by atoms with Crippen LogP contribution in [-0.4, -0.2) is 12.4 Å². The molecule has 0 saturated carbocycles. The summed E-state index contributed by atoms with van der Waals surface area (Å²) in [6.45, 7) is 3.97. The zero-order valence-electron chi connectivity index (χ0n) is 7.83. The molecule has 0 N–H and O–H groups in total. The maximum absolute atomic E-state index is 10.7. The van der Waals surface area contributed by atoms with Crippen molar-refractivity contribution in [3.63, 3.8) is 0 Å². The first-order valence-electron chi connectivity index (χ1n) is 4.46. The molecule has 0 aromatic heterocycles. The fourth-order valence-electron chi connectivity index (χ4n) is 1.77. The second-order valence-electron chi connectivity index (χ2n) is 3.52. The number of benzene rings is 1. The lowest BCUT2D eigenvalue weighted by molar-refractivity contribution is 0.112. The van der Waals surface area contributed by atoms with Gasteiger partial charge in [0.1, 0.15) is 18.1 Å². The average molecular weight is 176 g/mol. The lowest BCUT2D eigenvalue weighted by Crippen LogP contribution is -2.05. The number of carbonyl (C=O) groups is 1. The number of ether oxygens (including phenoxy) is 1. The minimum Gasteiger partial charge on any atom is -0.490 e. The van der Waals surface area contributed by atoms with Crippen molar-refractivity contribution in [1.29, 1.82) is 0 Å². The van der Waals surface area contributed by atoms with Crippen LogP contribution in [0.5, 0.6) is 5.75 Å². The highest BCUT2D eigenvalue weighted by Gasteiger charge is 2.21. The topological polar surface area (TPSA) is 26.3 Å². The van der Waals surface area contributed by atoms with E-state index in [1.165, 1.54) is 5.56 Å². The zero-order valence-corrected chi connectivity index (χ0v) is 7.83. The van der Waals surface area contributed by atoms with Gasteiger partial charge < -0.3 is 4.74 Å². The molecule has 1 unspecified atom stereocenters. The van der Waals surface area contributed by atoms with Gasteiger partial charge in [0, 0.05) is 17.5 Å². The van der Waals surface area contributed by atoms with Crippen molar-refractivity contribution in [2.75, 3.05) is 0 Å². The fourth-order valence-corrected chi connectivity index (χ4v) is 1.77. The molecule has 0 fully saturated rings. The lowest BCUT2D eigenvalue weighted by Gasteiger charge is -2.06. The van der Waals surface area contributed by atoms with E-state index < -0.39 is 0 Å². The molecule has 0 radical (unpaired) electrons. The summed E-state index contributed by atoms with van der Waals surface area (Å²) in [6, 6.07) is 3.85. The van der Waals surface area contributed by atoms with Crippen molar-refractivity contribution in [2.45, 2.75) is 26.4 Å². The second-order valence-corrected chi connectivity index (χ2v) is 3.52. The van der Waals surface area contributed by atoms with E-state index in [0.29, 0.717) is 0 Å². The highest BCUT2D eigenvalue weighted by Crippen LogP contribution is 2.33. The van der Waals surface area contributed by atoms with Crippen molar-refractivity contribution in [3.8, 4) is 5.75 Å². The average Bonchev–Trinajstić information content (AvgIpc) is 2.47. The van der Waals surface area contributed by atoms with Crippen LogP contribution in [-0.2, 0) is 6.42 Å². The van der Waals surface area contributed by atoms with Crippen molar-refractivity contribution in [1.82, 2.24) is 0 Å². The Hall–Kier alpha value is -1.31. The number of aldehydes is 1. The summed E-state index contributed by atoms with van der Waals surface area (Å²) in [6.07, 6.45) is 2.08. The summed E-state index contributed by atoms with van der Waals surface area (Å²) >= 11 is 0. The van der Waals surface area contributed by atoms with Crippen LogP contribution in [0, 0.1) is 6.92 Å². The third-order valence-electron chi connectivity index (χ3n) is 2.48. The molecule has 2 nitrogen and oxygen atoms in total. The van der Waals surface area contributed by atoms with Gasteiger partial charge in [0.2, 0.25) is 0 Å². The summed E-state index contributed by atoms with van der Waals surface area (Å²) in [4.78, 5) is 10.7. The Bertz CT molecular complexity index is 355. The standard InChI is InChI=1S/C11H12O2/c1-7-5-9-3-4-10(6-12)8(2)11(9)13-7/h3-4,6-7H,5H2,1-2H3. The first kappa shape index (κ1) is 8.30. The van der Waals surface area contributed by atoms with Crippen molar-refractivity contribution in [3.05, 3.63) is 28.8 Å². The Labute approximate surface area is 77.5 Å². The van der Waals surface area contributed by atoms with Gasteiger partial charge >= 0.3 is 0 Å². The molecule has 0 spiro atoms. The highest BCUT2D eigenvalue weighted by atomic mass is 16.5. The van der Waals surface area contributed by atoms with Crippen LogP contribution < -0.4 is 4.74 Å². The molecule has 2 heteroatoms. The van der Waals surface area contributed by atoms with Gasteiger partial charge in [-0.2, -0.15) is 0 Å². The van der Waals surface area contributed by atoms with Crippen LogP contribution in [0.25, 0.3) is 0 Å². The van der Waals surface area contributed by atoms with Gasteiger partial charge in [-0.05, 0) is 19.4 Å². The molecule has 13 heavy (non-hydrogen) atoms. The number of carbonyl (C=O) groups excluding carboxylic acids is 1. The monoisotopic (exact) mass is 176 g/mol. The third-order valence-corrected chi connectivity index (χ3v) is 2.48. The van der Waals surface area contributed by atoms with E-state index in [2.05, 4.69) is 0 Å². The predicted octanol–water partition coefficient (Wildman–Crippen LogP) is 2.13. The molecule has 1 aromatic carbocycles. The van der Waals surface area contributed by atoms with Crippen molar-refractivity contribution >= 4 is 6.29 Å². The molecule has 0 aliphatic carbocycles. The summed E-state index contributed by atoms with van der Waals surface area (Å²) in [5, 5.41) is 0. The van der Waals surface area contributed by atoms with Gasteiger partial charge in [0.15, 0.2) is 0 Å². The van der Waals surface area contributed by atoms with Gasteiger partial charge in [-0.1, -0.05) is 12.1 Å². The zero-order chi connectivity index (χ0) is 9.42. The van der Waals surface area contributed by atoms with Crippen LogP contribution in [0.4, 0.5) is 0 Å². The predicted molar refractivity (Wildman–Crippen MR) is 50.4 cm³/mol. The molecular formula is C11H12O2. The minimum absolute atomic E-state index is 0.246. The number of rotatable bonds is 1. The van der Waals surface area contributed by atoms with Gasteiger partial charge in [-0.25, -0.2) is 0 Å². The Balaban J connectivity index is 2.54. The Morgan fingerprint density at radius 3 is 3.00 bits per heavy atom. The second kappa shape index (κ2) is 2.87. The van der Waals surface area contributed by atoms with Crippen molar-refractivity contribution < 1.29 is 9.53 Å². The maximum atomic E-state index is 10.7. The number of hydrogen-bond donors (Lipinski definition) is 0. The van der Waals surface area contributed by atoms with Crippen LogP contribution >= 0.6 is 0 Å². The van der Waals surface area contributed by atoms with Crippen molar-refractivity contribution in [2.24, 2.45) is 0 Å². The summed E-state index contributed by atoms with van der Waals surface area (Å²) < 4.78 is 5.62. The minimum atomic E-state index is 0.246. The molecule has 1 aliphatic rings.